The van der Waals surface area contributed by atoms with Gasteiger partial charge in [-0.1, -0.05) is 35.9 Å². The van der Waals surface area contributed by atoms with Crippen molar-refractivity contribution in [2.75, 3.05) is 13.1 Å². The first kappa shape index (κ1) is 17.7. The molecule has 0 saturated carbocycles. The zero-order valence-electron chi connectivity index (χ0n) is 14.7. The first-order valence-electron chi connectivity index (χ1n) is 9.04. The second-order valence-electron chi connectivity index (χ2n) is 6.61. The van der Waals surface area contributed by atoms with E-state index in [2.05, 4.69) is 5.10 Å². The lowest BCUT2D eigenvalue weighted by atomic mass is 10.1. The van der Waals surface area contributed by atoms with Crippen LogP contribution in [-0.4, -0.2) is 33.7 Å². The maximum absolute atomic E-state index is 14.3. The van der Waals surface area contributed by atoms with Crippen molar-refractivity contribution in [3.05, 3.63) is 71.1 Å². The van der Waals surface area contributed by atoms with Crippen LogP contribution in [0.15, 0.2) is 54.6 Å². The van der Waals surface area contributed by atoms with Gasteiger partial charge >= 0.3 is 0 Å². The minimum Gasteiger partial charge on any atom is -0.337 e. The number of amides is 1. The molecule has 27 heavy (non-hydrogen) atoms. The van der Waals surface area contributed by atoms with Crippen LogP contribution in [0.5, 0.6) is 0 Å². The standard InChI is InChI=1S/C21H19ClFN3O/c22-16-9-3-5-11-19(16)26-20(21(27)25-12-6-1-7-13-25)14-18(24-26)15-8-2-4-10-17(15)23/h2-5,8-11,14H,1,6-7,12-13H2. The predicted octanol–water partition coefficient (Wildman–Crippen LogP) is 4.96. The topological polar surface area (TPSA) is 38.1 Å². The van der Waals surface area contributed by atoms with E-state index in [0.29, 0.717) is 27.7 Å². The van der Waals surface area contributed by atoms with Crippen molar-refractivity contribution in [1.29, 1.82) is 0 Å². The van der Waals surface area contributed by atoms with Crippen LogP contribution >= 0.6 is 11.6 Å². The third-order valence-electron chi connectivity index (χ3n) is 4.80. The van der Waals surface area contributed by atoms with E-state index in [9.17, 15) is 9.18 Å². The second kappa shape index (κ2) is 7.53. The molecule has 0 aliphatic carbocycles. The van der Waals surface area contributed by atoms with E-state index in [1.54, 1.807) is 36.4 Å². The van der Waals surface area contributed by atoms with Gasteiger partial charge in [0.05, 0.1) is 16.4 Å². The quantitative estimate of drug-likeness (QED) is 0.641. The summed E-state index contributed by atoms with van der Waals surface area (Å²) < 4.78 is 15.8. The highest BCUT2D eigenvalue weighted by Gasteiger charge is 2.25. The number of likely N-dealkylation sites (tertiary alicyclic amines) is 1. The molecule has 4 nitrogen and oxygen atoms in total. The minimum absolute atomic E-state index is 0.107. The lowest BCUT2D eigenvalue weighted by Gasteiger charge is -2.26. The number of nitrogens with zero attached hydrogens (tertiary/aromatic N) is 3. The average molecular weight is 384 g/mol. The Morgan fingerprint density at radius 1 is 1.00 bits per heavy atom. The first-order chi connectivity index (χ1) is 13.1. The highest BCUT2D eigenvalue weighted by Crippen LogP contribution is 2.28. The SMILES string of the molecule is O=C(c1cc(-c2ccccc2F)nn1-c1ccccc1Cl)N1CCCCC1. The number of carbonyl (C=O) groups is 1. The van der Waals surface area contributed by atoms with Crippen molar-refractivity contribution < 1.29 is 9.18 Å². The number of hydrogen-bond acceptors (Lipinski definition) is 2. The van der Waals surface area contributed by atoms with E-state index in [1.807, 2.05) is 17.0 Å². The largest absolute Gasteiger partial charge is 0.337 e. The molecule has 2 heterocycles. The van der Waals surface area contributed by atoms with Gasteiger partial charge in [0.2, 0.25) is 0 Å². The molecule has 4 rings (SSSR count). The third-order valence-corrected chi connectivity index (χ3v) is 5.12. The number of para-hydroxylation sites is 1. The monoisotopic (exact) mass is 383 g/mol. The lowest BCUT2D eigenvalue weighted by molar-refractivity contribution is 0.0715. The van der Waals surface area contributed by atoms with Gasteiger partial charge in [-0.3, -0.25) is 4.79 Å². The molecule has 1 amide bonds. The number of hydrogen-bond donors (Lipinski definition) is 0. The fourth-order valence-corrected chi connectivity index (χ4v) is 3.62. The highest BCUT2D eigenvalue weighted by atomic mass is 35.5. The number of rotatable bonds is 3. The Bertz CT molecular complexity index is 979. The van der Waals surface area contributed by atoms with E-state index in [4.69, 9.17) is 11.6 Å². The van der Waals surface area contributed by atoms with Gasteiger partial charge in [-0.25, -0.2) is 9.07 Å². The molecule has 1 fully saturated rings. The lowest BCUT2D eigenvalue weighted by Crippen LogP contribution is -2.36. The zero-order chi connectivity index (χ0) is 18.8. The van der Waals surface area contributed by atoms with Crippen molar-refractivity contribution in [3.63, 3.8) is 0 Å². The summed E-state index contributed by atoms with van der Waals surface area (Å²) in [6.07, 6.45) is 3.12. The predicted molar refractivity (Wildman–Crippen MR) is 104 cm³/mol. The van der Waals surface area contributed by atoms with Crippen LogP contribution in [0.1, 0.15) is 29.8 Å². The van der Waals surface area contributed by atoms with E-state index in [-0.39, 0.29) is 11.7 Å². The summed E-state index contributed by atoms with van der Waals surface area (Å²) in [6, 6.07) is 15.3. The Kier molecular flexibility index (Phi) is 4.94. The summed E-state index contributed by atoms with van der Waals surface area (Å²) in [5, 5.41) is 5.01. The Morgan fingerprint density at radius 3 is 2.44 bits per heavy atom. The molecule has 2 aromatic carbocycles. The van der Waals surface area contributed by atoms with Crippen LogP contribution in [-0.2, 0) is 0 Å². The number of piperidine rings is 1. The minimum atomic E-state index is -0.377. The normalized spacial score (nSPS) is 14.4. The van der Waals surface area contributed by atoms with Gasteiger partial charge in [0.25, 0.3) is 5.91 Å². The molecular formula is C21H19ClFN3O. The molecule has 0 N–H and O–H groups in total. The summed E-state index contributed by atoms with van der Waals surface area (Å²) in [5.41, 5.74) is 1.76. The third kappa shape index (κ3) is 3.47. The number of benzene rings is 2. The number of carbonyl (C=O) groups excluding carboxylic acids is 1. The van der Waals surface area contributed by atoms with Gasteiger partial charge in [-0.2, -0.15) is 5.10 Å². The molecule has 0 spiro atoms. The molecule has 1 saturated heterocycles. The van der Waals surface area contributed by atoms with Crippen molar-refractivity contribution >= 4 is 17.5 Å². The molecule has 0 atom stereocenters. The van der Waals surface area contributed by atoms with Crippen molar-refractivity contribution in [2.45, 2.75) is 19.3 Å². The average Bonchev–Trinajstić information content (AvgIpc) is 3.13. The van der Waals surface area contributed by atoms with Gasteiger partial charge in [-0.15, -0.1) is 0 Å². The second-order valence-corrected chi connectivity index (χ2v) is 7.02. The van der Waals surface area contributed by atoms with Crippen LogP contribution in [0.3, 0.4) is 0 Å². The van der Waals surface area contributed by atoms with Gasteiger partial charge in [0.1, 0.15) is 11.5 Å². The summed E-state index contributed by atoms with van der Waals surface area (Å²) >= 11 is 6.35. The van der Waals surface area contributed by atoms with Gasteiger partial charge in [-0.05, 0) is 49.6 Å². The zero-order valence-corrected chi connectivity index (χ0v) is 15.5. The number of aromatic nitrogens is 2. The molecule has 1 aromatic heterocycles. The fraction of sp³-hybridized carbons (Fsp3) is 0.238. The fourth-order valence-electron chi connectivity index (χ4n) is 3.40. The Balaban J connectivity index is 1.84. The van der Waals surface area contributed by atoms with Crippen LogP contribution in [0.25, 0.3) is 16.9 Å². The molecule has 1 aliphatic heterocycles. The Morgan fingerprint density at radius 2 is 1.70 bits per heavy atom. The molecule has 138 valence electrons. The van der Waals surface area contributed by atoms with Gasteiger partial charge < -0.3 is 4.90 Å². The molecule has 1 aliphatic rings. The van der Waals surface area contributed by atoms with Crippen LogP contribution in [0.2, 0.25) is 5.02 Å². The van der Waals surface area contributed by atoms with Gasteiger partial charge in [0, 0.05) is 18.7 Å². The molecule has 0 bridgehead atoms. The van der Waals surface area contributed by atoms with E-state index >= 15 is 0 Å². The maximum Gasteiger partial charge on any atom is 0.272 e. The summed E-state index contributed by atoms with van der Waals surface area (Å²) in [5.74, 6) is -0.483. The molecule has 0 unspecified atom stereocenters. The van der Waals surface area contributed by atoms with Crippen molar-refractivity contribution in [1.82, 2.24) is 14.7 Å². The van der Waals surface area contributed by atoms with E-state index < -0.39 is 0 Å². The molecule has 6 heteroatoms. The van der Waals surface area contributed by atoms with Gasteiger partial charge in [0.15, 0.2) is 0 Å². The smallest absolute Gasteiger partial charge is 0.272 e. The van der Waals surface area contributed by atoms with Crippen molar-refractivity contribution in [2.24, 2.45) is 0 Å². The summed E-state index contributed by atoms with van der Waals surface area (Å²) in [7, 11) is 0. The maximum atomic E-state index is 14.3. The van der Waals surface area contributed by atoms with E-state index in [0.717, 1.165) is 32.4 Å². The summed E-state index contributed by atoms with van der Waals surface area (Å²) in [6.45, 7) is 1.45. The van der Waals surface area contributed by atoms with Crippen LogP contribution < -0.4 is 0 Å². The Hall–Kier alpha value is -2.66. The first-order valence-corrected chi connectivity index (χ1v) is 9.42. The Labute approximate surface area is 162 Å². The highest BCUT2D eigenvalue weighted by molar-refractivity contribution is 6.32. The van der Waals surface area contributed by atoms with Crippen LogP contribution in [0, 0.1) is 5.82 Å². The molecule has 0 radical (unpaired) electrons. The van der Waals surface area contributed by atoms with Crippen molar-refractivity contribution in [3.8, 4) is 16.9 Å². The van der Waals surface area contributed by atoms with Crippen LogP contribution in [0.4, 0.5) is 4.39 Å². The molecular weight excluding hydrogens is 365 g/mol. The number of halogens is 2. The molecule has 3 aromatic rings. The summed E-state index contributed by atoms with van der Waals surface area (Å²) in [4.78, 5) is 15.0. The van der Waals surface area contributed by atoms with E-state index in [1.165, 1.54) is 10.7 Å².